The second kappa shape index (κ2) is 6.23. The number of hydrogen-bond acceptors (Lipinski definition) is 5. The first-order chi connectivity index (χ1) is 11.8. The van der Waals surface area contributed by atoms with Crippen molar-refractivity contribution in [1.29, 1.82) is 0 Å². The summed E-state index contributed by atoms with van der Waals surface area (Å²) in [5.74, 6) is -0.442. The van der Waals surface area contributed by atoms with Gasteiger partial charge >= 0.3 is 12.1 Å². The molecule has 1 aromatic carbocycles. The highest BCUT2D eigenvalue weighted by Gasteiger charge is 2.41. The maximum Gasteiger partial charge on any atom is 0.416 e. The zero-order valence-electron chi connectivity index (χ0n) is 13.5. The number of esters is 1. The maximum absolute atomic E-state index is 13.5. The minimum Gasteiger partial charge on any atom is -0.463 e. The van der Waals surface area contributed by atoms with Gasteiger partial charge in [-0.05, 0) is 25.5 Å². The van der Waals surface area contributed by atoms with Gasteiger partial charge in [-0.3, -0.25) is 0 Å². The molecule has 2 aromatic rings. The van der Waals surface area contributed by atoms with E-state index in [9.17, 15) is 18.0 Å². The monoisotopic (exact) mass is 352 g/mol. The van der Waals surface area contributed by atoms with Crippen molar-refractivity contribution in [2.45, 2.75) is 26.1 Å². The molecule has 0 saturated heterocycles. The van der Waals surface area contributed by atoms with Gasteiger partial charge in [0, 0.05) is 5.70 Å². The fraction of sp³-hybridized carbons (Fsp3) is 0.312. The highest BCUT2D eigenvalue weighted by molar-refractivity contribution is 5.92. The van der Waals surface area contributed by atoms with Crippen LogP contribution in [-0.2, 0) is 15.7 Å². The summed E-state index contributed by atoms with van der Waals surface area (Å²) in [4.78, 5) is 16.4. The van der Waals surface area contributed by atoms with Gasteiger partial charge in [-0.25, -0.2) is 9.48 Å². The third-order valence-corrected chi connectivity index (χ3v) is 3.85. The van der Waals surface area contributed by atoms with Crippen LogP contribution in [0.25, 0.3) is 0 Å². The molecule has 0 bridgehead atoms. The van der Waals surface area contributed by atoms with Gasteiger partial charge in [-0.15, -0.1) is 0 Å². The normalized spacial score (nSPS) is 17.1. The van der Waals surface area contributed by atoms with Crippen LogP contribution >= 0.6 is 0 Å². The van der Waals surface area contributed by atoms with E-state index in [1.165, 1.54) is 29.2 Å². The number of allylic oxidation sites excluding steroid dienone is 1. The van der Waals surface area contributed by atoms with Gasteiger partial charge in [0.15, 0.2) is 0 Å². The number of rotatable bonds is 3. The number of alkyl halides is 3. The van der Waals surface area contributed by atoms with E-state index in [4.69, 9.17) is 4.74 Å². The Hall–Kier alpha value is -2.84. The molecule has 6 nitrogen and oxygen atoms in total. The number of carbonyl (C=O) groups excluding carboxylic acids is 1. The number of nitrogens with one attached hydrogen (secondary N) is 1. The number of benzene rings is 1. The Balaban J connectivity index is 2.23. The van der Waals surface area contributed by atoms with E-state index in [0.717, 1.165) is 6.07 Å². The molecule has 9 heteroatoms. The van der Waals surface area contributed by atoms with Crippen LogP contribution in [0.3, 0.4) is 0 Å². The highest BCUT2D eigenvalue weighted by atomic mass is 19.4. The molecule has 25 heavy (non-hydrogen) atoms. The van der Waals surface area contributed by atoms with Crippen LogP contribution in [0.1, 0.15) is 31.0 Å². The Morgan fingerprint density at radius 3 is 2.76 bits per heavy atom. The summed E-state index contributed by atoms with van der Waals surface area (Å²) in [7, 11) is 0. The Morgan fingerprint density at radius 1 is 1.36 bits per heavy atom. The molecule has 132 valence electrons. The van der Waals surface area contributed by atoms with E-state index in [0.29, 0.717) is 5.70 Å². The zero-order valence-corrected chi connectivity index (χ0v) is 13.5. The summed E-state index contributed by atoms with van der Waals surface area (Å²) in [6.07, 6.45) is -3.36. The van der Waals surface area contributed by atoms with Crippen molar-refractivity contribution in [3.8, 4) is 0 Å². The summed E-state index contributed by atoms with van der Waals surface area (Å²) in [5.41, 5.74) is -0.485. The predicted molar refractivity (Wildman–Crippen MR) is 82.6 cm³/mol. The quantitative estimate of drug-likeness (QED) is 0.860. The number of halogens is 3. The summed E-state index contributed by atoms with van der Waals surface area (Å²) in [6, 6.07) is 4.01. The number of hydrogen-bond donors (Lipinski definition) is 1. The van der Waals surface area contributed by atoms with Crippen molar-refractivity contribution in [1.82, 2.24) is 14.8 Å². The fourth-order valence-electron chi connectivity index (χ4n) is 2.85. The molecule has 0 saturated carbocycles. The van der Waals surface area contributed by atoms with Crippen LogP contribution in [0.5, 0.6) is 0 Å². The molecule has 0 radical (unpaired) electrons. The minimum atomic E-state index is -4.57. The lowest BCUT2D eigenvalue weighted by atomic mass is 9.92. The van der Waals surface area contributed by atoms with Crippen LogP contribution in [0.2, 0.25) is 0 Å². The Morgan fingerprint density at radius 2 is 2.08 bits per heavy atom. The summed E-state index contributed by atoms with van der Waals surface area (Å²) >= 11 is 0. The molecule has 2 heterocycles. The number of aromatic nitrogens is 3. The molecule has 0 aliphatic carbocycles. The molecule has 0 amide bonds. The third-order valence-electron chi connectivity index (χ3n) is 3.85. The van der Waals surface area contributed by atoms with Gasteiger partial charge in [-0.1, -0.05) is 18.2 Å². The van der Waals surface area contributed by atoms with Gasteiger partial charge in [0.25, 0.3) is 0 Å². The van der Waals surface area contributed by atoms with Crippen molar-refractivity contribution < 1.29 is 22.7 Å². The van der Waals surface area contributed by atoms with E-state index in [1.54, 1.807) is 13.8 Å². The highest BCUT2D eigenvalue weighted by Crippen LogP contribution is 2.41. The lowest BCUT2D eigenvalue weighted by Crippen LogP contribution is -2.31. The molecule has 0 fully saturated rings. The lowest BCUT2D eigenvalue weighted by molar-refractivity contribution is -0.141. The second-order valence-electron chi connectivity index (χ2n) is 5.40. The fourth-order valence-corrected chi connectivity index (χ4v) is 2.85. The van der Waals surface area contributed by atoms with E-state index >= 15 is 0 Å². The van der Waals surface area contributed by atoms with Crippen molar-refractivity contribution in [3.63, 3.8) is 0 Å². The summed E-state index contributed by atoms with van der Waals surface area (Å²) in [6.45, 7) is 3.32. The first-order valence-corrected chi connectivity index (χ1v) is 7.55. The molecular formula is C16H15F3N4O2. The van der Waals surface area contributed by atoms with E-state index in [-0.39, 0.29) is 23.7 Å². The summed E-state index contributed by atoms with van der Waals surface area (Å²) in [5, 5.41) is 6.87. The van der Waals surface area contributed by atoms with Crippen LogP contribution in [0, 0.1) is 0 Å². The molecule has 1 aliphatic heterocycles. The van der Waals surface area contributed by atoms with E-state index < -0.39 is 23.8 Å². The molecule has 1 aliphatic rings. The van der Waals surface area contributed by atoms with Gasteiger partial charge in [-0.2, -0.15) is 23.3 Å². The van der Waals surface area contributed by atoms with Crippen LogP contribution in [0.15, 0.2) is 41.9 Å². The summed E-state index contributed by atoms with van der Waals surface area (Å²) < 4.78 is 46.8. The largest absolute Gasteiger partial charge is 0.463 e. The second-order valence-corrected chi connectivity index (χ2v) is 5.40. The number of ether oxygens (including phenoxy) is 1. The Kier molecular flexibility index (Phi) is 4.23. The van der Waals surface area contributed by atoms with Crippen LogP contribution in [0.4, 0.5) is 19.1 Å². The average molecular weight is 352 g/mol. The molecule has 1 atom stereocenters. The van der Waals surface area contributed by atoms with Crippen molar-refractivity contribution in [2.75, 3.05) is 11.9 Å². The topological polar surface area (TPSA) is 69.0 Å². The van der Waals surface area contributed by atoms with Gasteiger partial charge in [0.1, 0.15) is 12.4 Å². The molecule has 1 aromatic heterocycles. The van der Waals surface area contributed by atoms with Crippen molar-refractivity contribution >= 4 is 11.9 Å². The van der Waals surface area contributed by atoms with Crippen molar-refractivity contribution in [3.05, 3.63) is 53.0 Å². The first kappa shape index (κ1) is 17.0. The SMILES string of the molecule is CCOC(=O)C1=C(C)Nc2ncnn2[C@H]1c1ccccc1C(F)(F)F. The standard InChI is InChI=1S/C16H15F3N4O2/c1-3-25-14(24)12-9(2)22-15-20-8-21-23(15)13(12)10-6-4-5-7-11(10)16(17,18)19/h4-8,13H,3H2,1-2H3,(H,20,21,22)/t13-/m0/s1. The smallest absolute Gasteiger partial charge is 0.416 e. The molecule has 0 spiro atoms. The number of carbonyl (C=O) groups is 1. The van der Waals surface area contributed by atoms with Gasteiger partial charge in [0.2, 0.25) is 5.95 Å². The Bertz CT molecular complexity index is 842. The average Bonchev–Trinajstić information content (AvgIpc) is 3.00. The van der Waals surface area contributed by atoms with Crippen molar-refractivity contribution in [2.24, 2.45) is 0 Å². The zero-order chi connectivity index (χ0) is 18.2. The Labute approximate surface area is 141 Å². The van der Waals surface area contributed by atoms with E-state index in [2.05, 4.69) is 15.4 Å². The van der Waals surface area contributed by atoms with Crippen LogP contribution in [-0.4, -0.2) is 27.3 Å². The number of anilines is 1. The molecule has 0 unspecified atom stereocenters. The molecule has 3 rings (SSSR count). The lowest BCUT2D eigenvalue weighted by Gasteiger charge is -2.29. The maximum atomic E-state index is 13.5. The molecular weight excluding hydrogens is 337 g/mol. The first-order valence-electron chi connectivity index (χ1n) is 7.55. The van der Waals surface area contributed by atoms with E-state index in [1.807, 2.05) is 0 Å². The van der Waals surface area contributed by atoms with Gasteiger partial charge in [0.05, 0.1) is 17.7 Å². The molecule has 1 N–H and O–H groups in total. The minimum absolute atomic E-state index is 0.0662. The van der Waals surface area contributed by atoms with Gasteiger partial charge < -0.3 is 10.1 Å². The van der Waals surface area contributed by atoms with Crippen LogP contribution < -0.4 is 5.32 Å². The third kappa shape index (κ3) is 2.97. The number of nitrogens with zero attached hydrogens (tertiary/aromatic N) is 3. The predicted octanol–water partition coefficient (Wildman–Crippen LogP) is 3.15. The number of fused-ring (bicyclic) bond motifs is 1.